The molecule has 0 bridgehead atoms. The first-order valence-corrected chi connectivity index (χ1v) is 5.98. The number of nitrogens with two attached hydrogens (primary N) is 1. The number of rotatable bonds is 3. The average molecular weight is 208 g/mol. The van der Waals surface area contributed by atoms with E-state index >= 15 is 0 Å². The Kier molecular flexibility index (Phi) is 3.66. The molecular formula is C7H16N2O3S. The summed E-state index contributed by atoms with van der Waals surface area (Å²) >= 11 is 0. The molecule has 0 aromatic rings. The summed E-state index contributed by atoms with van der Waals surface area (Å²) in [5.41, 5.74) is 0. The molecule has 0 heterocycles. The minimum Gasteiger partial charge on any atom is -0.396 e. The molecule has 2 atom stereocenters. The topological polar surface area (TPSA) is 92.4 Å². The zero-order valence-corrected chi connectivity index (χ0v) is 8.26. The van der Waals surface area contributed by atoms with Crippen LogP contribution in [0, 0.1) is 5.92 Å². The lowest BCUT2D eigenvalue weighted by Crippen LogP contribution is -2.46. The molecule has 1 aliphatic rings. The standard InChI is InChI=1S/C7H16N2O3S/c8-13(11,12)9-7-4-2-1-3-6(7)5-10/h6-7,9-10H,1-5H2,(H2,8,11,12). The first-order chi connectivity index (χ1) is 6.03. The van der Waals surface area contributed by atoms with Crippen LogP contribution in [0.1, 0.15) is 25.7 Å². The SMILES string of the molecule is NS(=O)(=O)NC1CCCCC1CO. The van der Waals surface area contributed by atoms with Crippen LogP contribution in [-0.4, -0.2) is 26.2 Å². The molecule has 0 saturated heterocycles. The highest BCUT2D eigenvalue weighted by molar-refractivity contribution is 7.87. The van der Waals surface area contributed by atoms with Crippen molar-refractivity contribution in [3.63, 3.8) is 0 Å². The van der Waals surface area contributed by atoms with Gasteiger partial charge in [-0.25, -0.2) is 5.14 Å². The zero-order chi connectivity index (χ0) is 9.90. The third-order valence-corrected chi connectivity index (χ3v) is 3.09. The predicted octanol–water partition coefficient (Wildman–Crippen LogP) is -0.669. The Labute approximate surface area is 78.5 Å². The van der Waals surface area contributed by atoms with Crippen LogP contribution in [0.2, 0.25) is 0 Å². The summed E-state index contributed by atoms with van der Waals surface area (Å²) in [6, 6.07) is -0.186. The van der Waals surface area contributed by atoms with Gasteiger partial charge >= 0.3 is 0 Å². The van der Waals surface area contributed by atoms with Crippen molar-refractivity contribution in [2.75, 3.05) is 6.61 Å². The molecule has 1 fully saturated rings. The smallest absolute Gasteiger partial charge is 0.274 e. The van der Waals surface area contributed by atoms with Crippen molar-refractivity contribution in [1.29, 1.82) is 0 Å². The van der Waals surface area contributed by atoms with Gasteiger partial charge in [-0.15, -0.1) is 0 Å². The summed E-state index contributed by atoms with van der Waals surface area (Å²) in [6.45, 7) is 0.0210. The molecule has 13 heavy (non-hydrogen) atoms. The molecule has 4 N–H and O–H groups in total. The van der Waals surface area contributed by atoms with Crippen molar-refractivity contribution in [1.82, 2.24) is 4.72 Å². The fraction of sp³-hybridized carbons (Fsp3) is 1.00. The fourth-order valence-corrected chi connectivity index (χ4v) is 2.52. The maximum Gasteiger partial charge on any atom is 0.274 e. The second-order valence-corrected chi connectivity index (χ2v) is 4.82. The first kappa shape index (κ1) is 10.9. The zero-order valence-electron chi connectivity index (χ0n) is 7.44. The van der Waals surface area contributed by atoms with E-state index in [2.05, 4.69) is 4.72 Å². The summed E-state index contributed by atoms with van der Waals surface area (Å²) < 4.78 is 23.8. The van der Waals surface area contributed by atoms with Crippen LogP contribution < -0.4 is 9.86 Å². The number of aliphatic hydroxyl groups excluding tert-OH is 1. The van der Waals surface area contributed by atoms with Gasteiger partial charge in [0.25, 0.3) is 10.2 Å². The Hall–Kier alpha value is -0.170. The van der Waals surface area contributed by atoms with Gasteiger partial charge in [0.05, 0.1) is 0 Å². The van der Waals surface area contributed by atoms with Gasteiger partial charge in [0.2, 0.25) is 0 Å². The minimum absolute atomic E-state index is 0.0204. The Morgan fingerprint density at radius 1 is 1.38 bits per heavy atom. The highest BCUT2D eigenvalue weighted by Crippen LogP contribution is 2.23. The first-order valence-electron chi connectivity index (χ1n) is 4.44. The average Bonchev–Trinajstić information content (AvgIpc) is 2.02. The Bertz CT molecular complexity index is 252. The third kappa shape index (κ3) is 3.60. The lowest BCUT2D eigenvalue weighted by molar-refractivity contribution is 0.164. The van der Waals surface area contributed by atoms with Crippen LogP contribution in [0.4, 0.5) is 0 Å². The third-order valence-electron chi connectivity index (χ3n) is 2.46. The summed E-state index contributed by atoms with van der Waals surface area (Å²) in [4.78, 5) is 0. The van der Waals surface area contributed by atoms with E-state index in [1.807, 2.05) is 0 Å². The van der Waals surface area contributed by atoms with Crippen molar-refractivity contribution in [3.8, 4) is 0 Å². The van der Waals surface area contributed by atoms with Crippen LogP contribution in [-0.2, 0) is 10.2 Å². The molecule has 0 aromatic carbocycles. The van der Waals surface area contributed by atoms with Crippen LogP contribution in [0.5, 0.6) is 0 Å². The second-order valence-electron chi connectivity index (χ2n) is 3.50. The molecule has 78 valence electrons. The van der Waals surface area contributed by atoms with E-state index in [4.69, 9.17) is 10.2 Å². The van der Waals surface area contributed by atoms with E-state index in [1.54, 1.807) is 0 Å². The highest BCUT2D eigenvalue weighted by Gasteiger charge is 2.26. The molecule has 1 rings (SSSR count). The number of hydrogen-bond acceptors (Lipinski definition) is 3. The molecule has 0 radical (unpaired) electrons. The summed E-state index contributed by atoms with van der Waals surface area (Å²) in [6.07, 6.45) is 3.67. The van der Waals surface area contributed by atoms with Crippen LogP contribution in [0.25, 0.3) is 0 Å². The van der Waals surface area contributed by atoms with Crippen molar-refractivity contribution >= 4 is 10.2 Å². The van der Waals surface area contributed by atoms with Gasteiger partial charge in [-0.3, -0.25) is 0 Å². The molecule has 2 unspecified atom stereocenters. The van der Waals surface area contributed by atoms with Gasteiger partial charge in [-0.1, -0.05) is 12.8 Å². The monoisotopic (exact) mass is 208 g/mol. The van der Waals surface area contributed by atoms with Gasteiger partial charge in [0.15, 0.2) is 0 Å². The number of hydrogen-bond donors (Lipinski definition) is 3. The molecule has 1 aliphatic carbocycles. The Morgan fingerprint density at radius 2 is 2.00 bits per heavy atom. The van der Waals surface area contributed by atoms with Crippen LogP contribution >= 0.6 is 0 Å². The van der Waals surface area contributed by atoms with Gasteiger partial charge < -0.3 is 5.11 Å². The Balaban J connectivity index is 2.55. The maximum absolute atomic E-state index is 10.7. The summed E-state index contributed by atoms with van der Waals surface area (Å²) in [5, 5.41) is 13.8. The molecule has 0 spiro atoms. The van der Waals surface area contributed by atoms with Gasteiger partial charge in [-0.2, -0.15) is 13.1 Å². The van der Waals surface area contributed by atoms with E-state index in [1.165, 1.54) is 0 Å². The normalized spacial score (nSPS) is 30.3. The lowest BCUT2D eigenvalue weighted by atomic mass is 9.86. The minimum atomic E-state index is -3.63. The van der Waals surface area contributed by atoms with E-state index < -0.39 is 10.2 Å². The molecule has 0 aliphatic heterocycles. The summed E-state index contributed by atoms with van der Waals surface area (Å²) in [5.74, 6) is 0.0204. The summed E-state index contributed by atoms with van der Waals surface area (Å²) in [7, 11) is -3.63. The molecule has 1 saturated carbocycles. The molecular weight excluding hydrogens is 192 g/mol. The molecule has 0 aromatic heterocycles. The van der Waals surface area contributed by atoms with E-state index in [0.29, 0.717) is 0 Å². The van der Waals surface area contributed by atoms with Crippen molar-refractivity contribution in [2.45, 2.75) is 31.7 Å². The van der Waals surface area contributed by atoms with Crippen LogP contribution in [0.3, 0.4) is 0 Å². The fourth-order valence-electron chi connectivity index (χ4n) is 1.79. The van der Waals surface area contributed by atoms with E-state index in [9.17, 15) is 8.42 Å². The van der Waals surface area contributed by atoms with Gasteiger partial charge in [0.1, 0.15) is 0 Å². The molecule has 0 amide bonds. The van der Waals surface area contributed by atoms with Crippen molar-refractivity contribution in [3.05, 3.63) is 0 Å². The maximum atomic E-state index is 10.7. The lowest BCUT2D eigenvalue weighted by Gasteiger charge is -2.29. The van der Waals surface area contributed by atoms with Crippen LogP contribution in [0.15, 0.2) is 0 Å². The predicted molar refractivity (Wildman–Crippen MR) is 49.1 cm³/mol. The second kappa shape index (κ2) is 4.36. The van der Waals surface area contributed by atoms with E-state index in [-0.39, 0.29) is 18.6 Å². The Morgan fingerprint density at radius 3 is 2.54 bits per heavy atom. The van der Waals surface area contributed by atoms with E-state index in [0.717, 1.165) is 25.7 Å². The van der Waals surface area contributed by atoms with Crippen molar-refractivity contribution in [2.24, 2.45) is 11.1 Å². The largest absolute Gasteiger partial charge is 0.396 e. The highest BCUT2D eigenvalue weighted by atomic mass is 32.2. The van der Waals surface area contributed by atoms with Gasteiger partial charge in [0, 0.05) is 12.6 Å². The van der Waals surface area contributed by atoms with Gasteiger partial charge in [-0.05, 0) is 18.8 Å². The van der Waals surface area contributed by atoms with Crippen molar-refractivity contribution < 1.29 is 13.5 Å². The molecule has 5 nitrogen and oxygen atoms in total. The number of nitrogens with one attached hydrogen (secondary N) is 1. The number of aliphatic hydroxyl groups is 1. The molecule has 6 heteroatoms. The quantitative estimate of drug-likeness (QED) is 0.574.